The van der Waals surface area contributed by atoms with Gasteiger partial charge in [0.25, 0.3) is 11.4 Å². The van der Waals surface area contributed by atoms with E-state index < -0.39 is 11.6 Å². The van der Waals surface area contributed by atoms with E-state index in [1.54, 1.807) is 0 Å². The first-order chi connectivity index (χ1) is 31.6. The van der Waals surface area contributed by atoms with Gasteiger partial charge in [-0.2, -0.15) is 9.97 Å². The summed E-state index contributed by atoms with van der Waals surface area (Å²) < 4.78 is 38.4. The van der Waals surface area contributed by atoms with Gasteiger partial charge in [-0.3, -0.25) is 19.6 Å². The van der Waals surface area contributed by atoms with E-state index in [4.69, 9.17) is 20.4 Å². The maximum atomic E-state index is 13.8. The first kappa shape index (κ1) is 44.5. The number of nitrogens with one attached hydrogen (secondary N) is 1. The fourth-order valence-corrected chi connectivity index (χ4v) is 7.92. The summed E-state index contributed by atoms with van der Waals surface area (Å²) in [5, 5.41) is 3.57. The normalized spacial score (nSPS) is 13.9. The van der Waals surface area contributed by atoms with Crippen molar-refractivity contribution in [3.63, 3.8) is 0 Å². The van der Waals surface area contributed by atoms with Gasteiger partial charge >= 0.3 is 0 Å². The number of nitrogens with zero attached hydrogens (tertiary/aromatic N) is 5. The van der Waals surface area contributed by atoms with Gasteiger partial charge in [0.2, 0.25) is 0 Å². The Hall–Kier alpha value is -7.15. The lowest BCUT2D eigenvalue weighted by Crippen LogP contribution is -2.31. The summed E-state index contributed by atoms with van der Waals surface area (Å²) >= 11 is 5.51. The average Bonchev–Trinajstić information content (AvgIpc) is 3.94. The van der Waals surface area contributed by atoms with Crippen LogP contribution >= 0.6 is 11.6 Å². The van der Waals surface area contributed by atoms with Gasteiger partial charge < -0.3 is 19.1 Å². The molecule has 0 unspecified atom stereocenters. The Morgan fingerprint density at radius 2 is 1.18 bits per heavy atom. The minimum atomic E-state index is -0.587. The number of hydrogen-bond donors (Lipinski definition) is 1. The minimum Gasteiger partial charge on any atom is -0.428 e. The molecule has 6 heterocycles. The van der Waals surface area contributed by atoms with Crippen molar-refractivity contribution in [3.05, 3.63) is 195 Å². The van der Waals surface area contributed by atoms with Gasteiger partial charge in [0.05, 0.1) is 23.5 Å². The number of fused-ring (bicyclic) bond motifs is 2. The zero-order valence-electron chi connectivity index (χ0n) is 35.9. The van der Waals surface area contributed by atoms with Crippen LogP contribution in [0.3, 0.4) is 0 Å². The third kappa shape index (κ3) is 11.0. The van der Waals surface area contributed by atoms with Gasteiger partial charge in [0, 0.05) is 44.9 Å². The number of aromatic nitrogens is 4. The van der Waals surface area contributed by atoms with Crippen LogP contribution in [0.4, 0.5) is 14.8 Å². The van der Waals surface area contributed by atoms with Crippen LogP contribution in [0.5, 0.6) is 0 Å². The molecule has 0 aliphatic carbocycles. The van der Waals surface area contributed by atoms with Crippen LogP contribution in [0.2, 0.25) is 5.35 Å². The maximum absolute atomic E-state index is 13.8. The summed E-state index contributed by atoms with van der Waals surface area (Å²) in [6.45, 7) is 7.79. The van der Waals surface area contributed by atoms with E-state index >= 15 is 0 Å². The Bertz CT molecular complexity index is 2970. The molecule has 2 aliphatic heterocycles. The first-order valence-corrected chi connectivity index (χ1v) is 21.6. The van der Waals surface area contributed by atoms with Crippen molar-refractivity contribution in [1.82, 2.24) is 25.3 Å². The number of pyridine rings is 2. The second kappa shape index (κ2) is 20.6. The number of carbonyl (C=O) groups is 2. The van der Waals surface area contributed by atoms with Crippen LogP contribution in [-0.2, 0) is 12.8 Å². The monoisotopic (exact) mass is 890 g/mol. The molecule has 0 amide bonds. The van der Waals surface area contributed by atoms with Crippen molar-refractivity contribution < 1.29 is 27.2 Å². The molecule has 0 spiro atoms. The van der Waals surface area contributed by atoms with E-state index in [9.17, 15) is 18.4 Å². The van der Waals surface area contributed by atoms with Crippen molar-refractivity contribution in [2.45, 2.75) is 39.5 Å². The third-order valence-electron chi connectivity index (χ3n) is 11.4. The number of hydrogen-bond acceptors (Lipinski definition) is 10. The van der Waals surface area contributed by atoms with E-state index in [2.05, 4.69) is 44.0 Å². The van der Waals surface area contributed by atoms with E-state index in [1.807, 2.05) is 97.1 Å². The summed E-state index contributed by atoms with van der Waals surface area (Å²) in [7, 11) is 0. The number of halogens is 3. The highest BCUT2D eigenvalue weighted by Crippen LogP contribution is 2.31. The number of anilines is 1. The Balaban J connectivity index is 0.000000151. The molecule has 10 rings (SSSR count). The molecule has 0 bridgehead atoms. The number of ketones is 2. The first-order valence-electron chi connectivity index (χ1n) is 21.2. The molecule has 4 aromatic heterocycles. The van der Waals surface area contributed by atoms with E-state index in [1.165, 1.54) is 52.4 Å². The number of rotatable bonds is 9. The number of benzene rings is 4. The highest BCUT2D eigenvalue weighted by molar-refractivity contribution is 6.28. The average molecular weight is 891 g/mol. The lowest BCUT2D eigenvalue weighted by molar-refractivity contribution is 0.0980. The van der Waals surface area contributed by atoms with Crippen LogP contribution in [0.15, 0.2) is 154 Å². The van der Waals surface area contributed by atoms with Gasteiger partial charge in [-0.15, -0.1) is 0 Å². The predicted molar refractivity (Wildman–Crippen MR) is 250 cm³/mol. The topological polar surface area (TPSA) is 127 Å². The third-order valence-corrected chi connectivity index (χ3v) is 11.6. The molecule has 13 heteroatoms. The fraction of sp³-hybridized carbons (Fsp3) is 0.192. The molecule has 0 fully saturated rings. The number of Topliss-reactive ketones (excluding diaryl/α,β-unsaturated/α-hetero) is 2. The quantitative estimate of drug-likeness (QED) is 0.140. The Labute approximate surface area is 379 Å². The Kier molecular flexibility index (Phi) is 14.1. The predicted octanol–water partition coefficient (Wildman–Crippen LogP) is 11.4. The van der Waals surface area contributed by atoms with Crippen LogP contribution in [-0.4, -0.2) is 57.7 Å². The zero-order valence-corrected chi connectivity index (χ0v) is 36.6. The summed E-state index contributed by atoms with van der Waals surface area (Å²) in [4.78, 5) is 42.7. The molecule has 65 heavy (non-hydrogen) atoms. The largest absolute Gasteiger partial charge is 0.428 e. The van der Waals surface area contributed by atoms with Crippen molar-refractivity contribution in [2.24, 2.45) is 0 Å². The maximum Gasteiger partial charge on any atom is 0.298 e. The summed E-state index contributed by atoms with van der Waals surface area (Å²) in [5.74, 6) is -1.64. The second-order valence-electron chi connectivity index (χ2n) is 15.8. The SMILES string of the molecule is CC1=C(c2ccc(CC(=O)c3ccncc3F)cc2)CN(c2nc3ccccc3o2)CC1.CC1=C(c2ccc(CC(=O)c3ccncc3F)cc2)CNCC1.Clc1nc2ccccc2o1. The van der Waals surface area contributed by atoms with E-state index in [0.29, 0.717) is 12.6 Å². The number of oxazole rings is 2. The highest BCUT2D eigenvalue weighted by Gasteiger charge is 2.23. The molecule has 0 saturated carbocycles. The molecule has 1 N–H and O–H groups in total. The fourth-order valence-electron chi connectivity index (χ4n) is 7.75. The molecule has 0 radical (unpaired) electrons. The van der Waals surface area contributed by atoms with Gasteiger partial charge in [-0.05, 0) is 115 Å². The van der Waals surface area contributed by atoms with Crippen LogP contribution in [0, 0.1) is 11.6 Å². The molecular weight excluding hydrogens is 846 g/mol. The number of para-hydroxylation sites is 4. The summed E-state index contributed by atoms with van der Waals surface area (Å²) in [5.41, 5.74) is 12.7. The highest BCUT2D eigenvalue weighted by atomic mass is 35.5. The summed E-state index contributed by atoms with van der Waals surface area (Å²) in [6.07, 6.45) is 7.34. The van der Waals surface area contributed by atoms with Crippen LogP contribution < -0.4 is 10.2 Å². The summed E-state index contributed by atoms with van der Waals surface area (Å²) in [6, 6.07) is 34.6. The van der Waals surface area contributed by atoms with Gasteiger partial charge in [0.1, 0.15) is 11.0 Å². The van der Waals surface area contributed by atoms with Crippen LogP contribution in [0.1, 0.15) is 69.7 Å². The lowest BCUT2D eigenvalue weighted by atomic mass is 9.93. The molecule has 8 aromatic rings. The van der Waals surface area contributed by atoms with E-state index in [0.717, 1.165) is 83.8 Å². The van der Waals surface area contributed by atoms with Gasteiger partial charge in [0.15, 0.2) is 34.4 Å². The smallest absolute Gasteiger partial charge is 0.298 e. The van der Waals surface area contributed by atoms with Crippen molar-refractivity contribution in [1.29, 1.82) is 0 Å². The Morgan fingerprint density at radius 3 is 1.72 bits per heavy atom. The van der Waals surface area contributed by atoms with Crippen molar-refractivity contribution in [2.75, 3.05) is 31.1 Å². The Morgan fingerprint density at radius 1 is 0.662 bits per heavy atom. The van der Waals surface area contributed by atoms with Crippen molar-refractivity contribution in [3.8, 4) is 0 Å². The molecule has 10 nitrogen and oxygen atoms in total. The molecule has 4 aromatic carbocycles. The molecule has 0 atom stereocenters. The van der Waals surface area contributed by atoms with Gasteiger partial charge in [-0.25, -0.2) is 8.78 Å². The lowest BCUT2D eigenvalue weighted by Gasteiger charge is -2.29. The van der Waals surface area contributed by atoms with Crippen LogP contribution in [0.25, 0.3) is 33.3 Å². The molecular formula is C52H45ClF2N6O4. The van der Waals surface area contributed by atoms with Crippen molar-refractivity contribution >= 4 is 62.5 Å². The minimum absolute atomic E-state index is 0.0730. The van der Waals surface area contributed by atoms with Gasteiger partial charge in [-0.1, -0.05) is 83.9 Å². The van der Waals surface area contributed by atoms with E-state index in [-0.39, 0.29) is 40.9 Å². The molecule has 0 saturated heterocycles. The standard InChI is InChI=1S/C26H22FN3O2.C19H19FN2O.C7H4ClNO/c1-17-11-13-30(26-29-23-4-2-3-5-25(23)32-26)16-21(17)19-8-6-18(7-9-19)14-24(31)20-10-12-28-15-22(20)27;1-13-6-8-21-11-17(13)15-4-2-14(3-5-15)10-19(23)16-7-9-22-12-18(16)20;8-7-9-5-3-1-2-4-6(5)10-7/h2-10,12,15H,11,13-14,16H2,1H3;2-5,7,9,12,21H,6,8,10-11H2,1H3;1-4H. The zero-order chi connectivity index (χ0) is 45.3. The molecule has 2 aliphatic rings. The molecule has 328 valence electrons. The second-order valence-corrected chi connectivity index (χ2v) is 16.1. The number of carbonyl (C=O) groups excluding carboxylic acids is 2.